The van der Waals surface area contributed by atoms with E-state index in [4.69, 9.17) is 11.6 Å². The van der Waals surface area contributed by atoms with Crippen molar-refractivity contribution >= 4 is 38.8 Å². The lowest BCUT2D eigenvalue weighted by Gasteiger charge is -2.09. The number of aryl methyl sites for hydroxylation is 1. The van der Waals surface area contributed by atoms with Crippen LogP contribution in [-0.4, -0.2) is 19.2 Å². The van der Waals surface area contributed by atoms with Crippen LogP contribution < -0.4 is 10.0 Å². The Kier molecular flexibility index (Phi) is 4.69. The van der Waals surface area contributed by atoms with Crippen LogP contribution in [0.2, 0.25) is 5.02 Å². The molecular weight excluding hydrogens is 310 g/mol. The van der Waals surface area contributed by atoms with E-state index in [1.807, 2.05) is 25.1 Å². The Hall–Kier alpha value is -1.79. The Bertz CT molecular complexity index is 730. The molecule has 0 aliphatic carbocycles. The molecule has 5 nitrogen and oxygen atoms in total. The lowest BCUT2D eigenvalue weighted by atomic mass is 10.2. The summed E-state index contributed by atoms with van der Waals surface area (Å²) in [6.07, 6.45) is 1.46. The second-order valence-corrected chi connectivity index (χ2v) is 6.94. The van der Waals surface area contributed by atoms with E-state index in [0.717, 1.165) is 11.3 Å². The molecule has 1 heterocycles. The number of benzene rings is 1. The fraction of sp³-hybridized carbons (Fsp3) is 0.214. The molecule has 0 fully saturated rings. The number of hydrogen-bond acceptors (Lipinski definition) is 4. The first-order valence-electron chi connectivity index (χ1n) is 6.39. The molecule has 0 aliphatic rings. The van der Waals surface area contributed by atoms with E-state index in [1.165, 1.54) is 6.20 Å². The standard InChI is InChI=1S/C14H16ClN3O2S/c1-3-21(19,20)18-12-6-7-14(16-9-12)17-11-5-4-10(2)13(15)8-11/h4-9,18H,3H2,1-2H3,(H,16,17). The van der Waals surface area contributed by atoms with Gasteiger partial charge >= 0.3 is 0 Å². The van der Waals surface area contributed by atoms with Crippen LogP contribution in [0.1, 0.15) is 12.5 Å². The summed E-state index contributed by atoms with van der Waals surface area (Å²) in [4.78, 5) is 4.16. The summed E-state index contributed by atoms with van der Waals surface area (Å²) in [5, 5.41) is 3.78. The monoisotopic (exact) mass is 325 g/mol. The fourth-order valence-electron chi connectivity index (χ4n) is 1.60. The van der Waals surface area contributed by atoms with Gasteiger partial charge in [-0.3, -0.25) is 4.72 Å². The second-order valence-electron chi connectivity index (χ2n) is 4.53. The number of nitrogens with zero attached hydrogens (tertiary/aromatic N) is 1. The highest BCUT2D eigenvalue weighted by Crippen LogP contribution is 2.22. The number of rotatable bonds is 5. The molecule has 0 aliphatic heterocycles. The summed E-state index contributed by atoms with van der Waals surface area (Å²) in [5.74, 6) is 0.629. The van der Waals surface area contributed by atoms with Crippen molar-refractivity contribution in [2.75, 3.05) is 15.8 Å². The van der Waals surface area contributed by atoms with Gasteiger partial charge in [0.25, 0.3) is 0 Å². The van der Waals surface area contributed by atoms with E-state index in [2.05, 4.69) is 15.0 Å². The average molecular weight is 326 g/mol. The molecule has 2 rings (SSSR count). The second kappa shape index (κ2) is 6.32. The molecule has 0 atom stereocenters. The number of sulfonamides is 1. The molecule has 0 amide bonds. The van der Waals surface area contributed by atoms with Gasteiger partial charge in [-0.1, -0.05) is 17.7 Å². The smallest absolute Gasteiger partial charge is 0.232 e. The normalized spacial score (nSPS) is 11.2. The minimum Gasteiger partial charge on any atom is -0.340 e. The van der Waals surface area contributed by atoms with Crippen molar-refractivity contribution < 1.29 is 8.42 Å². The Morgan fingerprint density at radius 1 is 1.19 bits per heavy atom. The molecule has 21 heavy (non-hydrogen) atoms. The number of halogens is 1. The van der Waals surface area contributed by atoms with Gasteiger partial charge in [-0.25, -0.2) is 13.4 Å². The highest BCUT2D eigenvalue weighted by atomic mass is 35.5. The van der Waals surface area contributed by atoms with E-state index >= 15 is 0 Å². The van der Waals surface area contributed by atoms with Crippen LogP contribution in [0.25, 0.3) is 0 Å². The van der Waals surface area contributed by atoms with Gasteiger partial charge in [-0.05, 0) is 43.7 Å². The van der Waals surface area contributed by atoms with E-state index in [0.29, 0.717) is 16.5 Å². The summed E-state index contributed by atoms with van der Waals surface area (Å²) in [7, 11) is -3.28. The Balaban J connectivity index is 2.10. The predicted molar refractivity (Wildman–Crippen MR) is 86.8 cm³/mol. The number of nitrogens with one attached hydrogen (secondary N) is 2. The van der Waals surface area contributed by atoms with Crippen molar-refractivity contribution in [3.63, 3.8) is 0 Å². The third kappa shape index (κ3) is 4.34. The molecule has 1 aromatic carbocycles. The van der Waals surface area contributed by atoms with Gasteiger partial charge in [-0.15, -0.1) is 0 Å². The summed E-state index contributed by atoms with van der Waals surface area (Å²) < 4.78 is 25.3. The van der Waals surface area contributed by atoms with Crippen LogP contribution in [0.3, 0.4) is 0 Å². The lowest BCUT2D eigenvalue weighted by Crippen LogP contribution is -2.14. The minimum absolute atomic E-state index is 0.0227. The Morgan fingerprint density at radius 2 is 1.90 bits per heavy atom. The maximum absolute atomic E-state index is 11.4. The van der Waals surface area contributed by atoms with Crippen LogP contribution in [0.5, 0.6) is 0 Å². The molecule has 0 radical (unpaired) electrons. The molecule has 0 bridgehead atoms. The van der Waals surface area contributed by atoms with Gasteiger partial charge < -0.3 is 5.32 Å². The van der Waals surface area contributed by atoms with Crippen molar-refractivity contribution in [1.29, 1.82) is 0 Å². The van der Waals surface area contributed by atoms with Crippen LogP contribution >= 0.6 is 11.6 Å². The Morgan fingerprint density at radius 3 is 2.48 bits per heavy atom. The first kappa shape index (κ1) is 15.6. The van der Waals surface area contributed by atoms with E-state index < -0.39 is 10.0 Å². The number of aromatic nitrogens is 1. The highest BCUT2D eigenvalue weighted by molar-refractivity contribution is 7.92. The first-order chi connectivity index (χ1) is 9.89. The van der Waals surface area contributed by atoms with Crippen molar-refractivity contribution in [2.24, 2.45) is 0 Å². The molecule has 0 spiro atoms. The zero-order chi connectivity index (χ0) is 15.5. The van der Waals surface area contributed by atoms with E-state index in [-0.39, 0.29) is 5.75 Å². The molecule has 112 valence electrons. The van der Waals surface area contributed by atoms with Crippen LogP contribution in [-0.2, 0) is 10.0 Å². The van der Waals surface area contributed by atoms with Gasteiger partial charge in [0.1, 0.15) is 5.82 Å². The average Bonchev–Trinajstić information content (AvgIpc) is 2.45. The summed E-state index contributed by atoms with van der Waals surface area (Å²) in [6.45, 7) is 3.51. The van der Waals surface area contributed by atoms with E-state index in [9.17, 15) is 8.42 Å². The van der Waals surface area contributed by atoms with Gasteiger partial charge in [0.05, 0.1) is 17.6 Å². The quantitative estimate of drug-likeness (QED) is 0.882. The summed E-state index contributed by atoms with van der Waals surface area (Å²) in [5.41, 5.74) is 2.25. The SMILES string of the molecule is CCS(=O)(=O)Nc1ccc(Nc2ccc(C)c(Cl)c2)nc1. The molecule has 7 heteroatoms. The molecule has 1 aromatic heterocycles. The Labute approximate surface area is 129 Å². The maximum atomic E-state index is 11.4. The zero-order valence-electron chi connectivity index (χ0n) is 11.7. The number of pyridine rings is 1. The van der Waals surface area contributed by atoms with Crippen molar-refractivity contribution in [1.82, 2.24) is 4.98 Å². The topological polar surface area (TPSA) is 71.1 Å². The lowest BCUT2D eigenvalue weighted by molar-refractivity contribution is 0.602. The predicted octanol–water partition coefficient (Wildman–Crippen LogP) is 3.55. The van der Waals surface area contributed by atoms with Gasteiger partial charge in [-0.2, -0.15) is 0 Å². The highest BCUT2D eigenvalue weighted by Gasteiger charge is 2.07. The van der Waals surface area contributed by atoms with Gasteiger partial charge in [0, 0.05) is 10.7 Å². The third-order valence-electron chi connectivity index (χ3n) is 2.86. The van der Waals surface area contributed by atoms with Gasteiger partial charge in [0.15, 0.2) is 0 Å². The van der Waals surface area contributed by atoms with Crippen molar-refractivity contribution in [3.8, 4) is 0 Å². The van der Waals surface area contributed by atoms with Crippen molar-refractivity contribution in [3.05, 3.63) is 47.1 Å². The van der Waals surface area contributed by atoms with Crippen molar-refractivity contribution in [2.45, 2.75) is 13.8 Å². The largest absolute Gasteiger partial charge is 0.340 e. The van der Waals surface area contributed by atoms with Gasteiger partial charge in [0.2, 0.25) is 10.0 Å². The van der Waals surface area contributed by atoms with Crippen LogP contribution in [0.15, 0.2) is 36.5 Å². The first-order valence-corrected chi connectivity index (χ1v) is 8.42. The molecule has 2 aromatic rings. The molecule has 0 unspecified atom stereocenters. The maximum Gasteiger partial charge on any atom is 0.232 e. The zero-order valence-corrected chi connectivity index (χ0v) is 13.3. The van der Waals surface area contributed by atoms with Crippen LogP contribution in [0.4, 0.5) is 17.2 Å². The third-order valence-corrected chi connectivity index (χ3v) is 4.58. The molecule has 2 N–H and O–H groups in total. The molecular formula is C14H16ClN3O2S. The van der Waals surface area contributed by atoms with Crippen LogP contribution in [0, 0.1) is 6.92 Å². The molecule has 0 saturated carbocycles. The number of hydrogen-bond donors (Lipinski definition) is 2. The molecule has 0 saturated heterocycles. The summed E-state index contributed by atoms with van der Waals surface area (Å²) >= 11 is 6.06. The summed E-state index contributed by atoms with van der Waals surface area (Å²) in [6, 6.07) is 8.97. The fourth-order valence-corrected chi connectivity index (χ4v) is 2.40. The van der Waals surface area contributed by atoms with E-state index in [1.54, 1.807) is 19.1 Å². The number of anilines is 3. The minimum atomic E-state index is -3.28.